The molecular formula is C24H23N3O3. The van der Waals surface area contributed by atoms with Crippen LogP contribution in [0.25, 0.3) is 10.9 Å². The number of aliphatic hydroxyl groups excluding tert-OH is 1. The zero-order chi connectivity index (χ0) is 20.6. The molecule has 0 radical (unpaired) electrons. The number of fused-ring (bicyclic) bond motifs is 3. The van der Waals surface area contributed by atoms with Crippen LogP contribution in [-0.4, -0.2) is 64.0 Å². The number of likely N-dealkylation sites (N-methyl/N-ethyl adjacent to an activating group) is 1. The molecule has 6 heteroatoms. The number of H-pyrrole nitrogens is 1. The maximum Gasteiger partial charge on any atom is 0.261 e. The zero-order valence-corrected chi connectivity index (χ0v) is 16.7. The minimum absolute atomic E-state index is 0.0454. The van der Waals surface area contributed by atoms with Crippen LogP contribution in [0.4, 0.5) is 0 Å². The minimum Gasteiger partial charge on any atom is -0.392 e. The van der Waals surface area contributed by atoms with Crippen molar-refractivity contribution in [2.45, 2.75) is 24.5 Å². The van der Waals surface area contributed by atoms with Crippen LogP contribution in [-0.2, 0) is 6.42 Å². The maximum absolute atomic E-state index is 12.8. The van der Waals surface area contributed by atoms with Gasteiger partial charge in [-0.2, -0.15) is 0 Å². The molecular weight excluding hydrogens is 378 g/mol. The monoisotopic (exact) mass is 401 g/mol. The van der Waals surface area contributed by atoms with E-state index in [9.17, 15) is 14.7 Å². The molecule has 1 aliphatic carbocycles. The number of piperidine rings is 1. The van der Waals surface area contributed by atoms with Gasteiger partial charge in [-0.1, -0.05) is 24.3 Å². The zero-order valence-electron chi connectivity index (χ0n) is 16.7. The van der Waals surface area contributed by atoms with E-state index < -0.39 is 6.10 Å². The molecule has 2 aliphatic heterocycles. The number of likely N-dealkylation sites (tertiary alicyclic amines) is 1. The van der Waals surface area contributed by atoms with E-state index in [2.05, 4.69) is 35.3 Å². The molecule has 1 fully saturated rings. The molecule has 6 nitrogen and oxygen atoms in total. The van der Waals surface area contributed by atoms with Crippen LogP contribution in [0, 0.1) is 5.92 Å². The molecule has 152 valence electrons. The average Bonchev–Trinajstić information content (AvgIpc) is 3.28. The van der Waals surface area contributed by atoms with Crippen molar-refractivity contribution in [1.82, 2.24) is 14.8 Å². The van der Waals surface area contributed by atoms with Crippen LogP contribution < -0.4 is 0 Å². The number of imide groups is 1. The molecule has 30 heavy (non-hydrogen) atoms. The van der Waals surface area contributed by atoms with E-state index in [-0.39, 0.29) is 36.2 Å². The van der Waals surface area contributed by atoms with Gasteiger partial charge in [0.1, 0.15) is 0 Å². The van der Waals surface area contributed by atoms with Crippen LogP contribution >= 0.6 is 0 Å². The summed E-state index contributed by atoms with van der Waals surface area (Å²) >= 11 is 0. The Hall–Kier alpha value is -2.96. The summed E-state index contributed by atoms with van der Waals surface area (Å²) in [6.45, 7) is 0.877. The fourth-order valence-corrected chi connectivity index (χ4v) is 5.84. The summed E-state index contributed by atoms with van der Waals surface area (Å²) in [6, 6.07) is 13.4. The highest BCUT2D eigenvalue weighted by Crippen LogP contribution is 2.44. The van der Waals surface area contributed by atoms with E-state index in [1.54, 1.807) is 24.3 Å². The van der Waals surface area contributed by atoms with E-state index in [0.29, 0.717) is 17.7 Å². The molecule has 3 heterocycles. The van der Waals surface area contributed by atoms with Crippen molar-refractivity contribution in [3.05, 3.63) is 70.9 Å². The van der Waals surface area contributed by atoms with Crippen LogP contribution in [0.15, 0.2) is 48.7 Å². The number of aliphatic hydroxyl groups is 1. The van der Waals surface area contributed by atoms with Gasteiger partial charge < -0.3 is 15.0 Å². The van der Waals surface area contributed by atoms with Crippen LogP contribution in [0.2, 0.25) is 0 Å². The molecule has 0 bridgehead atoms. The van der Waals surface area contributed by atoms with E-state index >= 15 is 0 Å². The number of hydrogen-bond donors (Lipinski definition) is 2. The Balaban J connectivity index is 1.34. The second-order valence-electron chi connectivity index (χ2n) is 8.84. The van der Waals surface area contributed by atoms with Gasteiger partial charge in [0.05, 0.1) is 17.2 Å². The summed E-state index contributed by atoms with van der Waals surface area (Å²) in [7, 11) is 2.08. The number of hydrogen-bond acceptors (Lipinski definition) is 4. The summed E-state index contributed by atoms with van der Waals surface area (Å²) < 4.78 is 0. The number of aromatic nitrogens is 1. The lowest BCUT2D eigenvalue weighted by molar-refractivity contribution is -0.0257. The molecule has 0 spiro atoms. The number of nitrogens with one attached hydrogen (secondary N) is 1. The highest BCUT2D eigenvalue weighted by Gasteiger charge is 2.47. The Morgan fingerprint density at radius 2 is 1.80 bits per heavy atom. The molecule has 1 aromatic heterocycles. The summed E-state index contributed by atoms with van der Waals surface area (Å²) in [5.41, 5.74) is 4.46. The highest BCUT2D eigenvalue weighted by atomic mass is 16.3. The minimum atomic E-state index is -0.621. The molecule has 0 saturated carbocycles. The number of amides is 2. The first-order chi connectivity index (χ1) is 14.5. The Bertz CT molecular complexity index is 1160. The molecule has 2 N–H and O–H groups in total. The molecule has 2 amide bonds. The molecule has 3 aliphatic rings. The van der Waals surface area contributed by atoms with Gasteiger partial charge in [0.15, 0.2) is 0 Å². The van der Waals surface area contributed by atoms with Gasteiger partial charge in [-0.25, -0.2) is 0 Å². The Kier molecular flexibility index (Phi) is 3.73. The lowest BCUT2D eigenvalue weighted by atomic mass is 9.70. The van der Waals surface area contributed by atoms with E-state index in [0.717, 1.165) is 17.5 Å². The maximum atomic E-state index is 12.8. The third kappa shape index (κ3) is 2.32. The number of benzene rings is 2. The van der Waals surface area contributed by atoms with Gasteiger partial charge in [0.2, 0.25) is 0 Å². The second kappa shape index (κ2) is 6.27. The lowest BCUT2D eigenvalue weighted by Gasteiger charge is -2.49. The predicted molar refractivity (Wildman–Crippen MR) is 112 cm³/mol. The van der Waals surface area contributed by atoms with E-state index in [1.807, 2.05) is 6.07 Å². The molecule has 6 rings (SSSR count). The molecule has 0 unspecified atom stereocenters. The van der Waals surface area contributed by atoms with Gasteiger partial charge in [0, 0.05) is 48.1 Å². The summed E-state index contributed by atoms with van der Waals surface area (Å²) in [4.78, 5) is 32.6. The first-order valence-electron chi connectivity index (χ1n) is 10.5. The third-order valence-electron chi connectivity index (χ3n) is 7.26. The van der Waals surface area contributed by atoms with Crippen LogP contribution in [0.1, 0.15) is 37.8 Å². The molecule has 3 aromatic rings. The Labute approximate surface area is 174 Å². The SMILES string of the molecule is CN1C[C@H](CN2C(=O)c3ccccc3C2=O)[C@@H](O)[C@@H]2c3cccc4[nH]cc(c34)C[C@H]21. The fraction of sp³-hybridized carbons (Fsp3) is 0.333. The molecule has 1 saturated heterocycles. The lowest BCUT2D eigenvalue weighted by Crippen LogP contribution is -2.57. The van der Waals surface area contributed by atoms with Crippen molar-refractivity contribution in [3.63, 3.8) is 0 Å². The van der Waals surface area contributed by atoms with Gasteiger partial charge in [-0.3, -0.25) is 14.5 Å². The first-order valence-corrected chi connectivity index (χ1v) is 10.5. The summed E-state index contributed by atoms with van der Waals surface area (Å²) in [5.74, 6) is -0.761. The number of rotatable bonds is 2. The van der Waals surface area contributed by atoms with Crippen LogP contribution in [0.5, 0.6) is 0 Å². The summed E-state index contributed by atoms with van der Waals surface area (Å²) in [5, 5.41) is 12.7. The Morgan fingerprint density at radius 3 is 2.53 bits per heavy atom. The van der Waals surface area contributed by atoms with Crippen molar-refractivity contribution in [1.29, 1.82) is 0 Å². The highest BCUT2D eigenvalue weighted by molar-refractivity contribution is 6.21. The molecule has 4 atom stereocenters. The van der Waals surface area contributed by atoms with Crippen molar-refractivity contribution in [3.8, 4) is 0 Å². The standard InChI is InChI=1S/C24H23N3O3/c1-26-11-14(12-27-23(29)15-5-2-3-6-16(15)24(27)30)22(28)21-17-7-4-8-18-20(17)13(10-25-18)9-19(21)26/h2-8,10,14,19,21-22,25,28H,9,11-12H2,1H3/t14-,19-,21-,22-/m1/s1. The third-order valence-corrected chi connectivity index (χ3v) is 7.26. The normalized spacial score (nSPS) is 28.1. The Morgan fingerprint density at radius 1 is 1.07 bits per heavy atom. The average molecular weight is 401 g/mol. The van der Waals surface area contributed by atoms with E-state index in [4.69, 9.17) is 0 Å². The smallest absolute Gasteiger partial charge is 0.261 e. The first kappa shape index (κ1) is 17.9. The number of carbonyl (C=O) groups is 2. The van der Waals surface area contributed by atoms with Gasteiger partial charge in [0.25, 0.3) is 11.8 Å². The van der Waals surface area contributed by atoms with Crippen molar-refractivity contribution < 1.29 is 14.7 Å². The predicted octanol–water partition coefficient (Wildman–Crippen LogP) is 2.39. The van der Waals surface area contributed by atoms with Gasteiger partial charge in [-0.05, 0) is 42.8 Å². The second-order valence-corrected chi connectivity index (χ2v) is 8.84. The number of aromatic amines is 1. The fourth-order valence-electron chi connectivity index (χ4n) is 5.84. The van der Waals surface area contributed by atoms with Crippen molar-refractivity contribution in [2.24, 2.45) is 5.92 Å². The number of nitrogens with zero attached hydrogens (tertiary/aromatic N) is 2. The van der Waals surface area contributed by atoms with Gasteiger partial charge in [-0.15, -0.1) is 0 Å². The number of carbonyl (C=O) groups excluding carboxylic acids is 2. The quantitative estimate of drug-likeness (QED) is 0.647. The topological polar surface area (TPSA) is 76.6 Å². The van der Waals surface area contributed by atoms with Crippen LogP contribution in [0.3, 0.4) is 0 Å². The summed E-state index contributed by atoms with van der Waals surface area (Å²) in [6.07, 6.45) is 2.34. The van der Waals surface area contributed by atoms with E-state index in [1.165, 1.54) is 15.8 Å². The van der Waals surface area contributed by atoms with Gasteiger partial charge >= 0.3 is 0 Å². The van der Waals surface area contributed by atoms with Crippen molar-refractivity contribution in [2.75, 3.05) is 20.1 Å². The molecule has 2 aromatic carbocycles. The van der Waals surface area contributed by atoms with Crippen molar-refractivity contribution >= 4 is 22.7 Å². The largest absolute Gasteiger partial charge is 0.392 e.